The summed E-state index contributed by atoms with van der Waals surface area (Å²) in [6, 6.07) is 8.71. The van der Waals surface area contributed by atoms with E-state index in [1.807, 2.05) is 0 Å². The molecule has 0 amide bonds. The minimum atomic E-state index is 0.102. The van der Waals surface area contributed by atoms with Crippen molar-refractivity contribution in [3.8, 4) is 0 Å². The molecule has 0 unspecified atom stereocenters. The third kappa shape index (κ3) is 2.97. The molecule has 0 radical (unpaired) electrons. The topological polar surface area (TPSA) is 105 Å². The second kappa shape index (κ2) is 6.84. The van der Waals surface area contributed by atoms with E-state index in [1.165, 1.54) is 11.1 Å². The van der Waals surface area contributed by atoms with E-state index in [4.69, 9.17) is 11.5 Å². The smallest absolute Gasteiger partial charge is 0.221 e. The highest BCUT2D eigenvalue weighted by atomic mass is 15.3. The average molecular weight is 390 g/mol. The number of piperidine rings is 1. The minimum Gasteiger partial charge on any atom is -0.368 e. The number of nitrogens with two attached hydrogens (primary N) is 2. The third-order valence-electron chi connectivity index (χ3n) is 6.80. The molecule has 1 spiro atoms. The Balaban J connectivity index is 1.39. The predicted octanol–water partition coefficient (Wildman–Crippen LogP) is 2.26. The highest BCUT2D eigenvalue weighted by molar-refractivity contribution is 6.24. The first-order valence-corrected chi connectivity index (χ1v) is 10.3. The van der Waals surface area contributed by atoms with Crippen molar-refractivity contribution in [2.24, 2.45) is 16.3 Å². The van der Waals surface area contributed by atoms with Crippen molar-refractivity contribution in [3.63, 3.8) is 0 Å². The molecule has 0 saturated carbocycles. The number of fused-ring (bicyclic) bond motifs is 1. The summed E-state index contributed by atoms with van der Waals surface area (Å²) in [6.45, 7) is 6.89. The molecule has 29 heavy (non-hydrogen) atoms. The van der Waals surface area contributed by atoms with Crippen molar-refractivity contribution < 1.29 is 0 Å². The summed E-state index contributed by atoms with van der Waals surface area (Å²) in [4.78, 5) is 11.1. The van der Waals surface area contributed by atoms with Crippen molar-refractivity contribution in [2.45, 2.75) is 31.7 Å². The van der Waals surface area contributed by atoms with Crippen molar-refractivity contribution in [1.82, 2.24) is 15.4 Å². The van der Waals surface area contributed by atoms with E-state index in [0.717, 1.165) is 68.0 Å². The Bertz CT molecular complexity index is 988. The summed E-state index contributed by atoms with van der Waals surface area (Å²) >= 11 is 0. The lowest BCUT2D eigenvalue weighted by Gasteiger charge is -2.43. The van der Waals surface area contributed by atoms with Gasteiger partial charge in [-0.2, -0.15) is 10.1 Å². The van der Waals surface area contributed by atoms with Crippen molar-refractivity contribution in [3.05, 3.63) is 53.7 Å². The van der Waals surface area contributed by atoms with Crippen LogP contribution in [-0.2, 0) is 6.42 Å². The normalized spacial score (nSPS) is 22.3. The molecule has 3 aliphatic rings. The van der Waals surface area contributed by atoms with Crippen LogP contribution in [0.2, 0.25) is 0 Å². The van der Waals surface area contributed by atoms with Gasteiger partial charge in [-0.05, 0) is 35.8 Å². The van der Waals surface area contributed by atoms with Crippen LogP contribution in [0.15, 0.2) is 42.1 Å². The standard InChI is InChI=1S/C22H27N7/c1-14(18-6-9-26-28-18)17-13-25-21(24)27-20(17)29-10-7-22(8-11-29)12-15-4-2-3-5-16(15)19(22)23/h2-5,13,19,26H,1,6-12,23H2,(H2,24,25,27)/t19-/m1/s1. The molecule has 1 aliphatic carbocycles. The molecular weight excluding hydrogens is 362 g/mol. The van der Waals surface area contributed by atoms with Gasteiger partial charge < -0.3 is 21.8 Å². The van der Waals surface area contributed by atoms with Gasteiger partial charge in [0, 0.05) is 49.4 Å². The first-order valence-electron chi connectivity index (χ1n) is 10.3. The molecule has 5 rings (SSSR count). The van der Waals surface area contributed by atoms with E-state index in [-0.39, 0.29) is 17.4 Å². The molecule has 2 aromatic rings. The van der Waals surface area contributed by atoms with Gasteiger partial charge in [-0.15, -0.1) is 0 Å². The quantitative estimate of drug-likeness (QED) is 0.744. The van der Waals surface area contributed by atoms with Crippen LogP contribution >= 0.6 is 0 Å². The summed E-state index contributed by atoms with van der Waals surface area (Å²) in [7, 11) is 0. The second-order valence-corrected chi connectivity index (χ2v) is 8.36. The van der Waals surface area contributed by atoms with Gasteiger partial charge in [0.1, 0.15) is 5.82 Å². The van der Waals surface area contributed by atoms with Gasteiger partial charge in [-0.25, -0.2) is 4.98 Å². The van der Waals surface area contributed by atoms with Crippen LogP contribution in [0, 0.1) is 5.41 Å². The highest BCUT2D eigenvalue weighted by Gasteiger charge is 2.46. The Kier molecular flexibility index (Phi) is 4.28. The first kappa shape index (κ1) is 18.1. The number of benzene rings is 1. The number of rotatable bonds is 3. The number of hydrogen-bond acceptors (Lipinski definition) is 7. The van der Waals surface area contributed by atoms with Crippen molar-refractivity contribution in [2.75, 3.05) is 30.3 Å². The zero-order valence-corrected chi connectivity index (χ0v) is 16.6. The van der Waals surface area contributed by atoms with Crippen LogP contribution in [0.1, 0.15) is 42.0 Å². The summed E-state index contributed by atoms with van der Waals surface area (Å²) < 4.78 is 0. The number of nitrogen functional groups attached to an aromatic ring is 1. The van der Waals surface area contributed by atoms with Gasteiger partial charge in [0.25, 0.3) is 0 Å². The van der Waals surface area contributed by atoms with Crippen LogP contribution in [0.25, 0.3) is 5.57 Å². The van der Waals surface area contributed by atoms with E-state index in [9.17, 15) is 0 Å². The van der Waals surface area contributed by atoms with Crippen molar-refractivity contribution >= 4 is 23.1 Å². The van der Waals surface area contributed by atoms with Crippen LogP contribution in [0.5, 0.6) is 0 Å². The average Bonchev–Trinajstić information content (AvgIpc) is 3.36. The van der Waals surface area contributed by atoms with Crippen LogP contribution < -0.4 is 21.8 Å². The van der Waals surface area contributed by atoms with E-state index in [2.05, 4.69) is 56.2 Å². The summed E-state index contributed by atoms with van der Waals surface area (Å²) in [5.74, 6) is 1.14. The first-order chi connectivity index (χ1) is 14.1. The number of hydrogen-bond donors (Lipinski definition) is 3. The number of allylic oxidation sites excluding steroid dienone is 1. The Morgan fingerprint density at radius 1 is 1.24 bits per heavy atom. The fraction of sp³-hybridized carbons (Fsp3) is 0.409. The van der Waals surface area contributed by atoms with Gasteiger partial charge >= 0.3 is 0 Å². The van der Waals surface area contributed by atoms with E-state index < -0.39 is 0 Å². The molecule has 1 aromatic carbocycles. The van der Waals surface area contributed by atoms with Crippen LogP contribution in [0.3, 0.4) is 0 Å². The van der Waals surface area contributed by atoms with E-state index in [1.54, 1.807) is 6.20 Å². The summed E-state index contributed by atoms with van der Waals surface area (Å²) in [5, 5.41) is 4.36. The molecule has 7 heteroatoms. The molecular formula is C22H27N7. The maximum absolute atomic E-state index is 6.72. The van der Waals surface area contributed by atoms with Crippen LogP contribution in [-0.4, -0.2) is 35.3 Å². The molecule has 0 bridgehead atoms. The highest BCUT2D eigenvalue weighted by Crippen LogP contribution is 2.51. The maximum atomic E-state index is 6.72. The zero-order chi connectivity index (χ0) is 20.0. The molecule has 1 aromatic heterocycles. The zero-order valence-electron chi connectivity index (χ0n) is 16.6. The lowest BCUT2D eigenvalue weighted by molar-refractivity contribution is 0.187. The maximum Gasteiger partial charge on any atom is 0.221 e. The molecule has 1 atom stereocenters. The molecule has 1 fully saturated rings. The van der Waals surface area contributed by atoms with Gasteiger partial charge in [0.05, 0.1) is 5.71 Å². The second-order valence-electron chi connectivity index (χ2n) is 8.36. The Morgan fingerprint density at radius 3 is 2.76 bits per heavy atom. The number of nitrogens with zero attached hydrogens (tertiary/aromatic N) is 4. The minimum absolute atomic E-state index is 0.102. The molecule has 150 valence electrons. The number of aromatic nitrogens is 2. The predicted molar refractivity (Wildman–Crippen MR) is 116 cm³/mol. The Morgan fingerprint density at radius 2 is 2.03 bits per heavy atom. The van der Waals surface area contributed by atoms with Gasteiger partial charge in [-0.3, -0.25) is 0 Å². The fourth-order valence-electron chi connectivity index (χ4n) is 5.06. The Labute approximate surface area is 170 Å². The molecule has 3 heterocycles. The fourth-order valence-corrected chi connectivity index (χ4v) is 5.06. The largest absolute Gasteiger partial charge is 0.368 e. The lowest BCUT2D eigenvalue weighted by atomic mass is 9.73. The van der Waals surface area contributed by atoms with Crippen molar-refractivity contribution in [1.29, 1.82) is 0 Å². The number of anilines is 2. The van der Waals surface area contributed by atoms with E-state index >= 15 is 0 Å². The summed E-state index contributed by atoms with van der Waals surface area (Å²) in [6.07, 6.45) is 5.76. The number of hydrazone groups is 1. The summed E-state index contributed by atoms with van der Waals surface area (Å²) in [5.41, 5.74) is 21.3. The van der Waals surface area contributed by atoms with Gasteiger partial charge in [0.15, 0.2) is 0 Å². The molecule has 5 N–H and O–H groups in total. The van der Waals surface area contributed by atoms with Gasteiger partial charge in [-0.1, -0.05) is 30.8 Å². The van der Waals surface area contributed by atoms with Crippen LogP contribution in [0.4, 0.5) is 11.8 Å². The third-order valence-corrected chi connectivity index (χ3v) is 6.80. The monoisotopic (exact) mass is 389 g/mol. The SMILES string of the molecule is C=C(C1=NNCC1)c1cnc(N)nc1N1CCC2(CC1)Cc1ccccc1[C@H]2N. The molecule has 1 saturated heterocycles. The Hall–Kier alpha value is -2.93. The number of nitrogens with one attached hydrogen (secondary N) is 1. The molecule has 7 nitrogen and oxygen atoms in total. The lowest BCUT2D eigenvalue weighted by Crippen LogP contribution is -2.45. The van der Waals surface area contributed by atoms with Gasteiger partial charge in [0.2, 0.25) is 5.95 Å². The van der Waals surface area contributed by atoms with E-state index in [0.29, 0.717) is 0 Å². The molecule has 2 aliphatic heterocycles.